The molecule has 0 aliphatic carbocycles. The first-order valence-corrected chi connectivity index (χ1v) is 11.1. The quantitative estimate of drug-likeness (QED) is 0.355. The molecule has 0 amide bonds. The van der Waals surface area contributed by atoms with E-state index in [9.17, 15) is 0 Å². The van der Waals surface area contributed by atoms with Crippen LogP contribution in [-0.4, -0.2) is 28.5 Å². The van der Waals surface area contributed by atoms with Crippen molar-refractivity contribution in [3.63, 3.8) is 0 Å². The van der Waals surface area contributed by atoms with Crippen LogP contribution in [0.2, 0.25) is 0 Å². The molecule has 1 unspecified atom stereocenters. The van der Waals surface area contributed by atoms with Gasteiger partial charge in [-0.25, -0.2) is 9.97 Å². The molecule has 4 heteroatoms. The minimum Gasteiger partial charge on any atom is -0.301 e. The van der Waals surface area contributed by atoms with Crippen molar-refractivity contribution in [1.82, 2.24) is 14.9 Å². The molecule has 3 nitrogen and oxygen atoms in total. The van der Waals surface area contributed by atoms with Gasteiger partial charge in [0.15, 0.2) is 5.82 Å². The van der Waals surface area contributed by atoms with Crippen molar-refractivity contribution >= 4 is 32.3 Å². The van der Waals surface area contributed by atoms with E-state index in [-0.39, 0.29) is 0 Å². The average molecular weight is 408 g/mol. The highest BCUT2D eigenvalue weighted by Gasteiger charge is 2.25. The van der Waals surface area contributed by atoms with Crippen LogP contribution in [0.5, 0.6) is 0 Å². The van der Waals surface area contributed by atoms with Gasteiger partial charge in [-0.15, -0.1) is 11.3 Å². The van der Waals surface area contributed by atoms with E-state index in [4.69, 9.17) is 4.98 Å². The number of fused-ring (bicyclic) bond motifs is 3. The maximum absolute atomic E-state index is 4.80. The number of thiophene rings is 1. The van der Waals surface area contributed by atoms with Crippen molar-refractivity contribution in [2.24, 2.45) is 0 Å². The second kappa shape index (κ2) is 7.01. The molecule has 3 heterocycles. The molecule has 0 spiro atoms. The van der Waals surface area contributed by atoms with Gasteiger partial charge in [-0.3, -0.25) is 0 Å². The second-order valence-corrected chi connectivity index (χ2v) is 9.08. The molecule has 0 fully saturated rings. The Hall–Kier alpha value is -3.08. The van der Waals surface area contributed by atoms with E-state index in [0.717, 1.165) is 35.4 Å². The summed E-state index contributed by atoms with van der Waals surface area (Å²) in [7, 11) is 2.21. The molecule has 2 aromatic heterocycles. The van der Waals surface area contributed by atoms with Gasteiger partial charge < -0.3 is 4.90 Å². The van der Waals surface area contributed by atoms with Gasteiger partial charge in [0.1, 0.15) is 0 Å². The Bertz CT molecular complexity index is 1390. The van der Waals surface area contributed by atoms with Gasteiger partial charge in [0.05, 0.1) is 5.52 Å². The third-order valence-electron chi connectivity index (χ3n) is 6.08. The van der Waals surface area contributed by atoms with Crippen LogP contribution in [0.3, 0.4) is 0 Å². The number of likely N-dealkylation sites (N-methyl/N-ethyl adjacent to an activating group) is 1. The summed E-state index contributed by atoms with van der Waals surface area (Å²) in [6.45, 7) is 1.99. The third kappa shape index (κ3) is 3.00. The Morgan fingerprint density at radius 2 is 1.90 bits per heavy atom. The van der Waals surface area contributed by atoms with E-state index in [1.165, 1.54) is 26.8 Å². The lowest BCUT2D eigenvalue weighted by Crippen LogP contribution is -2.31. The predicted molar refractivity (Wildman–Crippen MR) is 125 cm³/mol. The molecule has 1 atom stereocenters. The lowest BCUT2D eigenvalue weighted by atomic mass is 9.84. The molecular formula is C26H21N3S. The number of para-hydroxylation sites is 1. The van der Waals surface area contributed by atoms with Crippen LogP contribution in [0.25, 0.3) is 32.4 Å². The molecule has 5 aromatic rings. The molecule has 6 rings (SSSR count). The van der Waals surface area contributed by atoms with Crippen molar-refractivity contribution in [1.29, 1.82) is 0 Å². The number of hydrogen-bond acceptors (Lipinski definition) is 4. The predicted octanol–water partition coefficient (Wildman–Crippen LogP) is 6.09. The van der Waals surface area contributed by atoms with E-state index >= 15 is 0 Å². The highest BCUT2D eigenvalue weighted by molar-refractivity contribution is 7.17. The highest BCUT2D eigenvalue weighted by Crippen LogP contribution is 2.36. The van der Waals surface area contributed by atoms with Crippen LogP contribution < -0.4 is 0 Å². The van der Waals surface area contributed by atoms with E-state index in [2.05, 4.69) is 70.8 Å². The van der Waals surface area contributed by atoms with E-state index in [1.807, 2.05) is 35.7 Å². The summed E-state index contributed by atoms with van der Waals surface area (Å²) >= 11 is 1.82. The second-order valence-electron chi connectivity index (χ2n) is 8.13. The summed E-state index contributed by atoms with van der Waals surface area (Å²) in [6, 6.07) is 24.0. The SMILES string of the molecule is CN1Cc2cc(-c3ncc4ccccc4n3)ccc2C(c2ccc3ccsc3c2)C1. The maximum Gasteiger partial charge on any atom is 0.159 e. The van der Waals surface area contributed by atoms with Crippen molar-refractivity contribution in [3.05, 3.63) is 95.0 Å². The van der Waals surface area contributed by atoms with Crippen LogP contribution in [0.15, 0.2) is 78.3 Å². The summed E-state index contributed by atoms with van der Waals surface area (Å²) in [6.07, 6.45) is 1.92. The molecule has 0 saturated carbocycles. The standard InChI is InChI=1S/C26H21N3S/c1-29-15-21-12-19(26-27-14-20-4-2-3-5-24(20)28-26)8-9-22(21)23(16-29)18-7-6-17-10-11-30-25(17)13-18/h2-14,23H,15-16H2,1H3. The Labute approximate surface area is 179 Å². The Morgan fingerprint density at radius 1 is 0.967 bits per heavy atom. The smallest absolute Gasteiger partial charge is 0.159 e. The number of nitrogens with zero attached hydrogens (tertiary/aromatic N) is 3. The number of aromatic nitrogens is 2. The molecule has 3 aromatic carbocycles. The third-order valence-corrected chi connectivity index (χ3v) is 6.96. The van der Waals surface area contributed by atoms with Crippen molar-refractivity contribution < 1.29 is 0 Å². The topological polar surface area (TPSA) is 29.0 Å². The van der Waals surface area contributed by atoms with E-state index in [1.54, 1.807) is 0 Å². The van der Waals surface area contributed by atoms with Gasteiger partial charge in [-0.1, -0.05) is 42.5 Å². The van der Waals surface area contributed by atoms with Crippen LogP contribution in [-0.2, 0) is 6.54 Å². The molecule has 0 N–H and O–H groups in total. The monoisotopic (exact) mass is 407 g/mol. The number of hydrogen-bond donors (Lipinski definition) is 0. The van der Waals surface area contributed by atoms with E-state index in [0.29, 0.717) is 5.92 Å². The fourth-order valence-corrected chi connectivity index (χ4v) is 5.41. The summed E-state index contributed by atoms with van der Waals surface area (Å²) in [4.78, 5) is 11.8. The van der Waals surface area contributed by atoms with Crippen molar-refractivity contribution in [3.8, 4) is 11.4 Å². The van der Waals surface area contributed by atoms with Crippen LogP contribution in [0, 0.1) is 0 Å². The summed E-state index contributed by atoms with van der Waals surface area (Å²) < 4.78 is 1.36. The van der Waals surface area contributed by atoms with Gasteiger partial charge in [-0.2, -0.15) is 0 Å². The van der Waals surface area contributed by atoms with Crippen molar-refractivity contribution in [2.75, 3.05) is 13.6 Å². The minimum absolute atomic E-state index is 0.386. The lowest BCUT2D eigenvalue weighted by molar-refractivity contribution is 0.295. The molecule has 0 radical (unpaired) electrons. The Balaban J connectivity index is 1.43. The fourth-order valence-electron chi connectivity index (χ4n) is 4.57. The normalized spacial score (nSPS) is 16.8. The number of benzene rings is 3. The highest BCUT2D eigenvalue weighted by atomic mass is 32.1. The maximum atomic E-state index is 4.80. The molecule has 30 heavy (non-hydrogen) atoms. The van der Waals surface area contributed by atoms with E-state index < -0.39 is 0 Å². The molecule has 0 saturated heterocycles. The number of rotatable bonds is 2. The zero-order valence-electron chi connectivity index (χ0n) is 16.7. The molecular weight excluding hydrogens is 386 g/mol. The Kier molecular flexibility index (Phi) is 4.15. The van der Waals surface area contributed by atoms with Crippen LogP contribution in [0.4, 0.5) is 0 Å². The van der Waals surface area contributed by atoms with Crippen LogP contribution in [0.1, 0.15) is 22.6 Å². The minimum atomic E-state index is 0.386. The first-order chi connectivity index (χ1) is 14.7. The molecule has 146 valence electrons. The zero-order chi connectivity index (χ0) is 20.1. The van der Waals surface area contributed by atoms with Crippen molar-refractivity contribution in [2.45, 2.75) is 12.5 Å². The molecule has 1 aliphatic heterocycles. The first kappa shape index (κ1) is 17.8. The zero-order valence-corrected chi connectivity index (χ0v) is 17.6. The molecule has 1 aliphatic rings. The van der Waals surface area contributed by atoms with Crippen LogP contribution >= 0.6 is 11.3 Å². The summed E-state index contributed by atoms with van der Waals surface area (Å²) in [5, 5.41) is 4.57. The van der Waals surface area contributed by atoms with Gasteiger partial charge in [0.25, 0.3) is 0 Å². The average Bonchev–Trinajstić information content (AvgIpc) is 3.25. The van der Waals surface area contributed by atoms with Gasteiger partial charge in [0, 0.05) is 40.9 Å². The summed E-state index contributed by atoms with van der Waals surface area (Å²) in [5.41, 5.74) is 6.26. The lowest BCUT2D eigenvalue weighted by Gasteiger charge is -2.33. The van der Waals surface area contributed by atoms with Gasteiger partial charge in [0.2, 0.25) is 0 Å². The fraction of sp³-hybridized carbons (Fsp3) is 0.154. The first-order valence-electron chi connectivity index (χ1n) is 10.3. The summed E-state index contributed by atoms with van der Waals surface area (Å²) in [5.74, 6) is 1.18. The largest absolute Gasteiger partial charge is 0.301 e. The Morgan fingerprint density at radius 3 is 2.87 bits per heavy atom. The van der Waals surface area contributed by atoms with Gasteiger partial charge in [-0.05, 0) is 58.8 Å². The molecule has 0 bridgehead atoms. The van der Waals surface area contributed by atoms with Gasteiger partial charge >= 0.3 is 0 Å².